The zero-order valence-corrected chi connectivity index (χ0v) is 21.6. The number of fused-ring (bicyclic) bond motifs is 1. The Hall–Kier alpha value is -2.96. The minimum atomic E-state index is -3.71. The van der Waals surface area contributed by atoms with Crippen LogP contribution in [-0.2, 0) is 34.0 Å². The summed E-state index contributed by atoms with van der Waals surface area (Å²) in [5.74, 6) is -1.67. The predicted octanol–water partition coefficient (Wildman–Crippen LogP) is 2.46. The average Bonchev–Trinajstić information content (AvgIpc) is 3.38. The molecule has 36 heavy (non-hydrogen) atoms. The van der Waals surface area contributed by atoms with Gasteiger partial charge in [-0.3, -0.25) is 9.59 Å². The average molecular weight is 536 g/mol. The molecule has 2 amide bonds. The van der Waals surface area contributed by atoms with Crippen molar-refractivity contribution in [2.45, 2.75) is 35.6 Å². The van der Waals surface area contributed by atoms with Crippen molar-refractivity contribution in [1.29, 1.82) is 0 Å². The van der Waals surface area contributed by atoms with E-state index in [2.05, 4.69) is 5.32 Å². The largest absolute Gasteiger partial charge is 0.454 e. The molecule has 0 aromatic heterocycles. The molecule has 9 nitrogen and oxygen atoms in total. The van der Waals surface area contributed by atoms with Crippen LogP contribution in [0.5, 0.6) is 0 Å². The number of esters is 1. The normalized spacial score (nSPS) is 21.5. The number of ether oxygens (including phenoxy) is 1. The van der Waals surface area contributed by atoms with Gasteiger partial charge < -0.3 is 15.0 Å². The van der Waals surface area contributed by atoms with Gasteiger partial charge in [-0.2, -0.15) is 0 Å². The third kappa shape index (κ3) is 4.72. The van der Waals surface area contributed by atoms with Crippen molar-refractivity contribution < 1.29 is 31.9 Å². The molecule has 12 heteroatoms. The second kappa shape index (κ2) is 9.83. The Morgan fingerprint density at radius 3 is 2.58 bits per heavy atom. The van der Waals surface area contributed by atoms with Crippen molar-refractivity contribution in [3.63, 3.8) is 0 Å². The SMILES string of the molecule is Cc1ccc(NC(=O)COC(=O)[C@H]2CS[C@]3(c4ccc(F)cc4)CCC(=O)N23)cc1S(=O)(=O)N(C)C. The summed E-state index contributed by atoms with van der Waals surface area (Å²) in [6.07, 6.45) is 0.734. The van der Waals surface area contributed by atoms with Crippen LogP contribution in [0.2, 0.25) is 0 Å². The van der Waals surface area contributed by atoms with E-state index in [-0.39, 0.29) is 28.7 Å². The van der Waals surface area contributed by atoms with Crippen molar-refractivity contribution in [2.24, 2.45) is 0 Å². The van der Waals surface area contributed by atoms with Crippen LogP contribution in [0.15, 0.2) is 47.4 Å². The molecule has 0 unspecified atom stereocenters. The molecule has 0 bridgehead atoms. The van der Waals surface area contributed by atoms with E-state index in [0.29, 0.717) is 12.0 Å². The first kappa shape index (κ1) is 26.1. The van der Waals surface area contributed by atoms with Gasteiger partial charge in [-0.15, -0.1) is 11.8 Å². The molecule has 2 aliphatic rings. The Morgan fingerprint density at radius 2 is 1.92 bits per heavy atom. The molecular weight excluding hydrogens is 509 g/mol. The maximum absolute atomic E-state index is 13.4. The monoisotopic (exact) mass is 535 g/mol. The third-order valence-electron chi connectivity index (χ3n) is 6.27. The first-order chi connectivity index (χ1) is 17.0. The number of rotatable bonds is 7. The molecule has 2 heterocycles. The number of aryl methyl sites for hydroxylation is 1. The van der Waals surface area contributed by atoms with E-state index in [1.807, 2.05) is 0 Å². The van der Waals surface area contributed by atoms with E-state index in [9.17, 15) is 27.2 Å². The summed E-state index contributed by atoms with van der Waals surface area (Å²) in [6.45, 7) is 1.05. The first-order valence-corrected chi connectivity index (χ1v) is 13.6. The van der Waals surface area contributed by atoms with Gasteiger partial charge in [-0.05, 0) is 48.7 Å². The molecule has 2 saturated heterocycles. The molecule has 2 aliphatic heterocycles. The molecular formula is C24H26FN3O6S2. The topological polar surface area (TPSA) is 113 Å². The van der Waals surface area contributed by atoms with Crippen LogP contribution in [0.4, 0.5) is 10.1 Å². The fourth-order valence-electron chi connectivity index (χ4n) is 4.41. The lowest BCUT2D eigenvalue weighted by atomic mass is 10.0. The summed E-state index contributed by atoms with van der Waals surface area (Å²) in [6, 6.07) is 9.46. The fraction of sp³-hybridized carbons (Fsp3) is 0.375. The molecule has 2 aromatic rings. The Balaban J connectivity index is 1.42. The number of thioether (sulfide) groups is 1. The Bertz CT molecular complexity index is 1320. The Labute approximate surface area is 213 Å². The highest BCUT2D eigenvalue weighted by molar-refractivity contribution is 8.00. The van der Waals surface area contributed by atoms with E-state index < -0.39 is 45.2 Å². The van der Waals surface area contributed by atoms with Crippen molar-refractivity contribution in [2.75, 3.05) is 31.8 Å². The number of anilines is 1. The zero-order valence-electron chi connectivity index (χ0n) is 20.0. The van der Waals surface area contributed by atoms with Gasteiger partial charge in [0.05, 0.1) is 4.90 Å². The van der Waals surface area contributed by atoms with Crippen LogP contribution in [0.1, 0.15) is 24.0 Å². The quantitative estimate of drug-likeness (QED) is 0.542. The van der Waals surface area contributed by atoms with E-state index in [1.165, 1.54) is 49.0 Å². The minimum absolute atomic E-state index is 0.0509. The number of hydrogen-bond acceptors (Lipinski definition) is 7. The number of carbonyl (C=O) groups is 3. The highest BCUT2D eigenvalue weighted by Gasteiger charge is 2.57. The van der Waals surface area contributed by atoms with E-state index in [1.54, 1.807) is 31.2 Å². The number of amides is 2. The number of nitrogens with one attached hydrogen (secondary N) is 1. The standard InChI is InChI=1S/C24H26FN3O6S2/c1-15-4-9-18(12-20(15)36(32,33)27(2)3)26-21(29)13-34-23(31)19-14-35-24(11-10-22(30)28(19)24)16-5-7-17(25)8-6-16/h4-9,12,19H,10-11,13-14H2,1-3H3,(H,26,29)/t19-,24+/m1/s1. The van der Waals surface area contributed by atoms with Gasteiger partial charge in [0.2, 0.25) is 15.9 Å². The van der Waals surface area contributed by atoms with Crippen LogP contribution in [0.25, 0.3) is 0 Å². The molecule has 0 radical (unpaired) electrons. The van der Waals surface area contributed by atoms with E-state index >= 15 is 0 Å². The van der Waals surface area contributed by atoms with Crippen LogP contribution < -0.4 is 5.32 Å². The van der Waals surface area contributed by atoms with Crippen molar-refractivity contribution in [3.05, 3.63) is 59.4 Å². The van der Waals surface area contributed by atoms with Crippen LogP contribution >= 0.6 is 11.8 Å². The minimum Gasteiger partial charge on any atom is -0.454 e. The van der Waals surface area contributed by atoms with Crippen molar-refractivity contribution >= 4 is 45.3 Å². The fourth-order valence-corrected chi connectivity index (χ4v) is 7.19. The number of carbonyl (C=O) groups excluding carboxylic acids is 3. The zero-order chi connectivity index (χ0) is 26.3. The lowest BCUT2D eigenvalue weighted by Gasteiger charge is -2.33. The summed E-state index contributed by atoms with van der Waals surface area (Å²) in [4.78, 5) is 38.8. The van der Waals surface area contributed by atoms with E-state index in [0.717, 1.165) is 9.87 Å². The second-order valence-electron chi connectivity index (χ2n) is 8.81. The summed E-state index contributed by atoms with van der Waals surface area (Å²) in [5.41, 5.74) is 1.49. The van der Waals surface area contributed by atoms with Gasteiger partial charge in [-0.1, -0.05) is 18.2 Å². The maximum Gasteiger partial charge on any atom is 0.330 e. The summed E-state index contributed by atoms with van der Waals surface area (Å²) in [5, 5.41) is 2.54. The molecule has 4 rings (SSSR count). The number of nitrogens with zero attached hydrogens (tertiary/aromatic N) is 2. The molecule has 1 N–H and O–H groups in total. The third-order valence-corrected chi connectivity index (χ3v) is 9.82. The van der Waals surface area contributed by atoms with Gasteiger partial charge >= 0.3 is 5.97 Å². The molecule has 192 valence electrons. The summed E-state index contributed by atoms with van der Waals surface area (Å²) in [7, 11) is -0.885. The van der Waals surface area contributed by atoms with E-state index in [4.69, 9.17) is 4.74 Å². The molecule has 0 aliphatic carbocycles. The Morgan fingerprint density at radius 1 is 1.22 bits per heavy atom. The first-order valence-electron chi connectivity index (χ1n) is 11.2. The lowest BCUT2D eigenvalue weighted by Crippen LogP contribution is -2.47. The van der Waals surface area contributed by atoms with Crippen LogP contribution in [0, 0.1) is 12.7 Å². The molecule has 2 fully saturated rings. The van der Waals surface area contributed by atoms with Gasteiger partial charge in [0.1, 0.15) is 16.7 Å². The number of sulfonamides is 1. The molecule has 0 spiro atoms. The van der Waals surface area contributed by atoms with Crippen LogP contribution in [0.3, 0.4) is 0 Å². The molecule has 2 atom stereocenters. The second-order valence-corrected chi connectivity index (χ2v) is 12.2. The molecule has 0 saturated carbocycles. The number of hydrogen-bond donors (Lipinski definition) is 1. The molecule has 2 aromatic carbocycles. The highest BCUT2D eigenvalue weighted by Crippen LogP contribution is 2.54. The number of halogens is 1. The van der Waals surface area contributed by atoms with Gasteiger partial charge in [0.15, 0.2) is 6.61 Å². The number of benzene rings is 2. The predicted molar refractivity (Wildman–Crippen MR) is 132 cm³/mol. The highest BCUT2D eigenvalue weighted by atomic mass is 32.2. The summed E-state index contributed by atoms with van der Waals surface area (Å²) >= 11 is 1.42. The van der Waals surface area contributed by atoms with Crippen molar-refractivity contribution in [1.82, 2.24) is 9.21 Å². The van der Waals surface area contributed by atoms with Crippen molar-refractivity contribution in [3.8, 4) is 0 Å². The van der Waals surface area contributed by atoms with Gasteiger partial charge in [0.25, 0.3) is 5.91 Å². The lowest BCUT2D eigenvalue weighted by molar-refractivity contribution is -0.155. The smallest absolute Gasteiger partial charge is 0.330 e. The Kier molecular flexibility index (Phi) is 7.13. The summed E-state index contributed by atoms with van der Waals surface area (Å²) < 4.78 is 44.8. The maximum atomic E-state index is 13.4. The van der Waals surface area contributed by atoms with Gasteiger partial charge in [0, 0.05) is 32.0 Å². The van der Waals surface area contributed by atoms with Crippen LogP contribution in [-0.4, -0.2) is 67.9 Å². The van der Waals surface area contributed by atoms with Gasteiger partial charge in [-0.25, -0.2) is 21.9 Å².